The third-order valence-electron chi connectivity index (χ3n) is 3.64. The molecule has 0 radical (unpaired) electrons. The molecule has 0 aliphatic carbocycles. The van der Waals surface area contributed by atoms with Crippen molar-refractivity contribution in [3.8, 4) is 5.69 Å². The van der Waals surface area contributed by atoms with Crippen LogP contribution in [-0.2, 0) is 0 Å². The van der Waals surface area contributed by atoms with Gasteiger partial charge in [-0.3, -0.25) is 9.55 Å². The van der Waals surface area contributed by atoms with Crippen LogP contribution in [0.1, 0.15) is 43.5 Å². The second kappa shape index (κ2) is 5.49. The van der Waals surface area contributed by atoms with Gasteiger partial charge in [0.05, 0.1) is 22.8 Å². The molecule has 2 heterocycles. The molecule has 3 rings (SSSR count). The number of hydrogen-bond donors (Lipinski definition) is 0. The van der Waals surface area contributed by atoms with Gasteiger partial charge in [-0.25, -0.2) is 4.98 Å². The van der Waals surface area contributed by atoms with Gasteiger partial charge in [0.2, 0.25) is 0 Å². The number of aromatic nitrogens is 3. The van der Waals surface area contributed by atoms with Crippen LogP contribution >= 0.6 is 11.6 Å². The molecule has 0 saturated carbocycles. The molecule has 0 saturated heterocycles. The first-order valence-electron chi connectivity index (χ1n) is 7.15. The van der Waals surface area contributed by atoms with E-state index in [0.717, 1.165) is 22.5 Å². The van der Waals surface area contributed by atoms with Crippen molar-refractivity contribution in [2.45, 2.75) is 32.1 Å². The standard InChI is InChI=1S/C17H18ClN3/c1-11(2)13-6-4-5-7-15(13)21-16-8-9-19-10-14(16)20-17(21)12(3)18/h4-12H,1-3H3. The minimum absolute atomic E-state index is 0.169. The molecule has 2 aromatic heterocycles. The van der Waals surface area contributed by atoms with Crippen LogP contribution in [0.25, 0.3) is 16.7 Å². The van der Waals surface area contributed by atoms with Gasteiger partial charge >= 0.3 is 0 Å². The quantitative estimate of drug-likeness (QED) is 0.648. The molecule has 0 aliphatic heterocycles. The summed E-state index contributed by atoms with van der Waals surface area (Å²) in [6, 6.07) is 10.4. The molecule has 1 aromatic carbocycles. The van der Waals surface area contributed by atoms with Crippen LogP contribution in [-0.4, -0.2) is 14.5 Å². The van der Waals surface area contributed by atoms with Crippen LogP contribution in [0.15, 0.2) is 42.7 Å². The van der Waals surface area contributed by atoms with Gasteiger partial charge in [-0.1, -0.05) is 32.0 Å². The number of fused-ring (bicyclic) bond motifs is 1. The number of nitrogens with zero attached hydrogens (tertiary/aromatic N) is 3. The number of benzene rings is 1. The Bertz CT molecular complexity index is 775. The molecule has 21 heavy (non-hydrogen) atoms. The topological polar surface area (TPSA) is 30.7 Å². The largest absolute Gasteiger partial charge is 0.295 e. The van der Waals surface area contributed by atoms with Crippen molar-refractivity contribution in [1.82, 2.24) is 14.5 Å². The van der Waals surface area contributed by atoms with Gasteiger partial charge in [-0.2, -0.15) is 0 Å². The number of para-hydroxylation sites is 1. The predicted molar refractivity (Wildman–Crippen MR) is 87.2 cm³/mol. The van der Waals surface area contributed by atoms with E-state index in [2.05, 4.69) is 52.6 Å². The molecular formula is C17H18ClN3. The maximum atomic E-state index is 6.36. The highest BCUT2D eigenvalue weighted by molar-refractivity contribution is 6.20. The fourth-order valence-corrected chi connectivity index (χ4v) is 2.80. The number of rotatable bonds is 3. The summed E-state index contributed by atoms with van der Waals surface area (Å²) < 4.78 is 2.16. The maximum absolute atomic E-state index is 6.36. The Morgan fingerprint density at radius 1 is 1.10 bits per heavy atom. The predicted octanol–water partition coefficient (Wildman–Crippen LogP) is 4.84. The normalized spacial score (nSPS) is 13.0. The van der Waals surface area contributed by atoms with Gasteiger partial charge in [-0.05, 0) is 30.5 Å². The van der Waals surface area contributed by atoms with Crippen molar-refractivity contribution in [2.75, 3.05) is 0 Å². The number of hydrogen-bond acceptors (Lipinski definition) is 2. The molecule has 3 aromatic rings. The summed E-state index contributed by atoms with van der Waals surface area (Å²) in [5.74, 6) is 1.28. The lowest BCUT2D eigenvalue weighted by Gasteiger charge is -2.17. The summed E-state index contributed by atoms with van der Waals surface area (Å²) in [5.41, 5.74) is 4.34. The second-order valence-corrected chi connectivity index (χ2v) is 6.15. The Kier molecular flexibility index (Phi) is 3.68. The summed E-state index contributed by atoms with van der Waals surface area (Å²) in [6.45, 7) is 6.34. The molecule has 4 heteroatoms. The number of imidazole rings is 1. The lowest BCUT2D eigenvalue weighted by atomic mass is 10.0. The van der Waals surface area contributed by atoms with Crippen molar-refractivity contribution >= 4 is 22.6 Å². The smallest absolute Gasteiger partial charge is 0.132 e. The number of pyridine rings is 1. The minimum Gasteiger partial charge on any atom is -0.295 e. The van der Waals surface area contributed by atoms with Gasteiger partial charge in [0, 0.05) is 6.20 Å². The van der Waals surface area contributed by atoms with E-state index in [1.165, 1.54) is 5.56 Å². The summed E-state index contributed by atoms with van der Waals surface area (Å²) in [5, 5.41) is -0.169. The van der Waals surface area contributed by atoms with E-state index in [9.17, 15) is 0 Å². The molecule has 0 amide bonds. The van der Waals surface area contributed by atoms with E-state index in [0.29, 0.717) is 5.92 Å². The summed E-state index contributed by atoms with van der Waals surface area (Å²) >= 11 is 6.36. The fourth-order valence-electron chi connectivity index (χ4n) is 2.65. The average Bonchev–Trinajstić information content (AvgIpc) is 2.86. The summed E-state index contributed by atoms with van der Waals surface area (Å²) in [6.07, 6.45) is 3.58. The highest BCUT2D eigenvalue weighted by Crippen LogP contribution is 2.31. The summed E-state index contributed by atoms with van der Waals surface area (Å²) in [4.78, 5) is 8.82. The molecule has 3 nitrogen and oxygen atoms in total. The molecule has 1 atom stereocenters. The Morgan fingerprint density at radius 3 is 2.57 bits per heavy atom. The van der Waals surface area contributed by atoms with Gasteiger partial charge in [0.25, 0.3) is 0 Å². The van der Waals surface area contributed by atoms with Crippen LogP contribution in [0.5, 0.6) is 0 Å². The van der Waals surface area contributed by atoms with Crippen molar-refractivity contribution in [3.05, 3.63) is 54.1 Å². The van der Waals surface area contributed by atoms with Gasteiger partial charge in [-0.15, -0.1) is 11.6 Å². The Morgan fingerprint density at radius 2 is 1.86 bits per heavy atom. The Labute approximate surface area is 129 Å². The van der Waals surface area contributed by atoms with Gasteiger partial charge in [0.1, 0.15) is 11.3 Å². The minimum atomic E-state index is -0.169. The van der Waals surface area contributed by atoms with Crippen molar-refractivity contribution in [1.29, 1.82) is 0 Å². The van der Waals surface area contributed by atoms with E-state index in [-0.39, 0.29) is 5.38 Å². The number of halogens is 1. The van der Waals surface area contributed by atoms with Crippen LogP contribution in [0.2, 0.25) is 0 Å². The third-order valence-corrected chi connectivity index (χ3v) is 3.83. The lowest BCUT2D eigenvalue weighted by molar-refractivity contribution is 0.824. The monoisotopic (exact) mass is 299 g/mol. The average molecular weight is 300 g/mol. The van der Waals surface area contributed by atoms with E-state index in [1.807, 2.05) is 13.0 Å². The molecule has 0 spiro atoms. The SMILES string of the molecule is CC(C)c1ccccc1-n1c(C(C)Cl)nc2cnccc21. The molecule has 0 bridgehead atoms. The van der Waals surface area contributed by atoms with E-state index in [4.69, 9.17) is 11.6 Å². The molecule has 0 N–H and O–H groups in total. The van der Waals surface area contributed by atoms with Crippen molar-refractivity contribution < 1.29 is 0 Å². The first-order valence-corrected chi connectivity index (χ1v) is 7.59. The first kappa shape index (κ1) is 14.1. The number of alkyl halides is 1. The molecule has 1 unspecified atom stereocenters. The van der Waals surface area contributed by atoms with Crippen LogP contribution in [0, 0.1) is 0 Å². The maximum Gasteiger partial charge on any atom is 0.132 e. The highest BCUT2D eigenvalue weighted by Gasteiger charge is 2.18. The Balaban J connectivity index is 2.36. The lowest BCUT2D eigenvalue weighted by Crippen LogP contribution is -2.06. The first-order chi connectivity index (χ1) is 10.1. The zero-order valence-corrected chi connectivity index (χ0v) is 13.2. The molecule has 0 aliphatic rings. The van der Waals surface area contributed by atoms with Crippen molar-refractivity contribution in [2.24, 2.45) is 0 Å². The van der Waals surface area contributed by atoms with Gasteiger partial charge in [0.15, 0.2) is 0 Å². The fraction of sp³-hybridized carbons (Fsp3) is 0.294. The zero-order valence-electron chi connectivity index (χ0n) is 12.4. The van der Waals surface area contributed by atoms with Crippen LogP contribution in [0.3, 0.4) is 0 Å². The van der Waals surface area contributed by atoms with E-state index in [1.54, 1.807) is 12.4 Å². The Hall–Kier alpha value is -1.87. The zero-order chi connectivity index (χ0) is 15.0. The molecular weight excluding hydrogens is 282 g/mol. The third kappa shape index (κ3) is 2.42. The van der Waals surface area contributed by atoms with Crippen LogP contribution < -0.4 is 0 Å². The van der Waals surface area contributed by atoms with Crippen molar-refractivity contribution in [3.63, 3.8) is 0 Å². The van der Waals surface area contributed by atoms with Crippen LogP contribution in [0.4, 0.5) is 0 Å². The summed E-state index contributed by atoms with van der Waals surface area (Å²) in [7, 11) is 0. The van der Waals surface area contributed by atoms with Gasteiger partial charge < -0.3 is 0 Å². The van der Waals surface area contributed by atoms with E-state index >= 15 is 0 Å². The highest BCUT2D eigenvalue weighted by atomic mass is 35.5. The van der Waals surface area contributed by atoms with E-state index < -0.39 is 0 Å². The second-order valence-electron chi connectivity index (χ2n) is 5.50. The molecule has 0 fully saturated rings. The molecule has 108 valence electrons.